The Morgan fingerprint density at radius 3 is 2.00 bits per heavy atom. The molecule has 0 saturated carbocycles. The van der Waals surface area contributed by atoms with E-state index < -0.39 is 62.5 Å². The van der Waals surface area contributed by atoms with E-state index in [1.54, 1.807) is 0 Å². The lowest BCUT2D eigenvalue weighted by Gasteiger charge is -2.14. The van der Waals surface area contributed by atoms with Crippen molar-refractivity contribution < 1.29 is 48.8 Å². The maximum absolute atomic E-state index is 13.5. The van der Waals surface area contributed by atoms with Crippen LogP contribution in [0.25, 0.3) is 10.4 Å². The first-order chi connectivity index (χ1) is 10.8. The summed E-state index contributed by atoms with van der Waals surface area (Å²) in [5.41, 5.74) is 4.11. The first-order valence-electron chi connectivity index (χ1n) is 5.28. The SMILES string of the molecule is [N-]=[N+]=Nc1c(F)c(F)c(C(=O)OCC(F)(F)S(=O)(=O)O)c(F)c1F. The molecular formula is C9H3F6N3O5S. The Morgan fingerprint density at radius 2 is 1.62 bits per heavy atom. The average molecular weight is 379 g/mol. The number of halogens is 6. The van der Waals surface area contributed by atoms with E-state index in [0.29, 0.717) is 0 Å². The Labute approximate surface area is 128 Å². The zero-order valence-electron chi connectivity index (χ0n) is 10.8. The van der Waals surface area contributed by atoms with E-state index in [-0.39, 0.29) is 0 Å². The monoisotopic (exact) mass is 379 g/mol. The van der Waals surface area contributed by atoms with Gasteiger partial charge in [0.15, 0.2) is 29.9 Å². The second-order valence-electron chi connectivity index (χ2n) is 3.86. The third-order valence-corrected chi connectivity index (χ3v) is 3.21. The highest BCUT2D eigenvalue weighted by molar-refractivity contribution is 7.86. The molecule has 0 bridgehead atoms. The van der Waals surface area contributed by atoms with Gasteiger partial charge in [0.2, 0.25) is 0 Å². The molecule has 0 atom stereocenters. The third kappa shape index (κ3) is 3.52. The molecular weight excluding hydrogens is 376 g/mol. The summed E-state index contributed by atoms with van der Waals surface area (Å²) in [5, 5.41) is -2.73. The molecule has 0 aliphatic carbocycles. The molecule has 0 unspecified atom stereocenters. The highest BCUT2D eigenvalue weighted by Crippen LogP contribution is 2.31. The molecule has 1 aromatic carbocycles. The van der Waals surface area contributed by atoms with Gasteiger partial charge in [-0.3, -0.25) is 4.55 Å². The fourth-order valence-corrected chi connectivity index (χ4v) is 1.44. The number of hydrogen-bond donors (Lipinski definition) is 1. The van der Waals surface area contributed by atoms with Gasteiger partial charge in [-0.05, 0) is 5.53 Å². The molecule has 132 valence electrons. The van der Waals surface area contributed by atoms with Crippen LogP contribution in [-0.2, 0) is 14.9 Å². The number of alkyl halides is 2. The summed E-state index contributed by atoms with van der Waals surface area (Å²) >= 11 is 0. The van der Waals surface area contributed by atoms with Gasteiger partial charge in [-0.25, -0.2) is 22.4 Å². The number of carbonyl (C=O) groups excluding carboxylic acids is 1. The van der Waals surface area contributed by atoms with Crippen LogP contribution in [0.5, 0.6) is 0 Å². The normalized spacial score (nSPS) is 11.8. The van der Waals surface area contributed by atoms with E-state index in [2.05, 4.69) is 9.85 Å². The Morgan fingerprint density at radius 1 is 1.17 bits per heavy atom. The second-order valence-corrected chi connectivity index (χ2v) is 5.40. The van der Waals surface area contributed by atoms with Gasteiger partial charge in [0.05, 0.1) is 0 Å². The number of nitrogens with zero attached hydrogens (tertiary/aromatic N) is 3. The molecule has 1 aromatic rings. The topological polar surface area (TPSA) is 129 Å². The van der Waals surface area contributed by atoms with Crippen LogP contribution in [0.15, 0.2) is 5.11 Å². The Hall–Kier alpha value is -2.51. The minimum atomic E-state index is -6.03. The number of azide groups is 1. The Balaban J connectivity index is 3.29. The van der Waals surface area contributed by atoms with Crippen molar-refractivity contribution in [1.82, 2.24) is 0 Å². The number of benzene rings is 1. The van der Waals surface area contributed by atoms with Gasteiger partial charge in [-0.2, -0.15) is 17.2 Å². The van der Waals surface area contributed by atoms with Crippen LogP contribution < -0.4 is 0 Å². The number of esters is 1. The zero-order valence-corrected chi connectivity index (χ0v) is 11.6. The van der Waals surface area contributed by atoms with Crippen LogP contribution in [0.4, 0.5) is 32.0 Å². The molecule has 0 radical (unpaired) electrons. The highest BCUT2D eigenvalue weighted by atomic mass is 32.2. The maximum Gasteiger partial charge on any atom is 0.402 e. The molecule has 1 rings (SSSR count). The third-order valence-electron chi connectivity index (χ3n) is 2.34. The second kappa shape index (κ2) is 6.54. The van der Waals surface area contributed by atoms with Crippen LogP contribution in [0, 0.1) is 23.3 Å². The summed E-state index contributed by atoms with van der Waals surface area (Å²) in [6.45, 7) is -2.40. The molecule has 0 aliphatic heterocycles. The van der Waals surface area contributed by atoms with Crippen molar-refractivity contribution in [1.29, 1.82) is 0 Å². The molecule has 0 aliphatic rings. The molecule has 1 N–H and O–H groups in total. The van der Waals surface area contributed by atoms with Gasteiger partial charge in [-0.15, -0.1) is 0 Å². The maximum atomic E-state index is 13.5. The molecule has 0 fully saturated rings. The van der Waals surface area contributed by atoms with E-state index in [9.17, 15) is 39.6 Å². The molecule has 15 heteroatoms. The average Bonchev–Trinajstić information content (AvgIpc) is 2.46. The van der Waals surface area contributed by atoms with Crippen LogP contribution in [0.2, 0.25) is 0 Å². The lowest BCUT2D eigenvalue weighted by molar-refractivity contribution is -0.0102. The molecule has 0 amide bonds. The molecule has 24 heavy (non-hydrogen) atoms. The van der Waals surface area contributed by atoms with E-state index in [0.717, 1.165) is 0 Å². The van der Waals surface area contributed by atoms with Gasteiger partial charge < -0.3 is 4.74 Å². The summed E-state index contributed by atoms with van der Waals surface area (Å²) in [7, 11) is -6.03. The molecule has 0 heterocycles. The standard InChI is InChI=1S/C9H3F6N3O5S/c10-3-2(4(11)6(13)7(5(3)12)17-18-16)8(19)23-1-9(14,15)24(20,21)22/h1H2,(H,20,21,22). The quantitative estimate of drug-likeness (QED) is 0.160. The molecule has 0 spiro atoms. The van der Waals surface area contributed by atoms with Crippen molar-refractivity contribution in [2.75, 3.05) is 6.61 Å². The molecule has 8 nitrogen and oxygen atoms in total. The largest absolute Gasteiger partial charge is 0.454 e. The summed E-state index contributed by atoms with van der Waals surface area (Å²) in [5.74, 6) is -11.9. The van der Waals surface area contributed by atoms with Crippen molar-refractivity contribution in [3.05, 3.63) is 39.3 Å². The summed E-state index contributed by atoms with van der Waals surface area (Å²) in [6.07, 6.45) is 0. The van der Waals surface area contributed by atoms with Gasteiger partial charge in [0, 0.05) is 4.91 Å². The van der Waals surface area contributed by atoms with Crippen LogP contribution in [0.1, 0.15) is 10.4 Å². The lowest BCUT2D eigenvalue weighted by atomic mass is 10.1. The first-order valence-corrected chi connectivity index (χ1v) is 6.72. The first kappa shape index (κ1) is 19.5. The summed E-state index contributed by atoms with van der Waals surface area (Å²) in [4.78, 5) is 13.2. The number of ether oxygens (including phenoxy) is 1. The van der Waals surface area contributed by atoms with Crippen molar-refractivity contribution in [2.24, 2.45) is 5.11 Å². The van der Waals surface area contributed by atoms with Crippen molar-refractivity contribution in [3.8, 4) is 0 Å². The van der Waals surface area contributed by atoms with Crippen LogP contribution >= 0.6 is 0 Å². The van der Waals surface area contributed by atoms with E-state index in [1.807, 2.05) is 4.91 Å². The smallest absolute Gasteiger partial charge is 0.402 e. The fraction of sp³-hybridized carbons (Fsp3) is 0.222. The van der Waals surface area contributed by atoms with Crippen molar-refractivity contribution >= 4 is 21.8 Å². The minimum Gasteiger partial charge on any atom is -0.454 e. The highest BCUT2D eigenvalue weighted by Gasteiger charge is 2.46. The van der Waals surface area contributed by atoms with E-state index in [4.69, 9.17) is 10.1 Å². The van der Waals surface area contributed by atoms with Crippen LogP contribution in [-0.4, -0.2) is 30.8 Å². The zero-order chi connectivity index (χ0) is 18.9. The minimum absolute atomic E-state index is 1.77. The fourth-order valence-electron chi connectivity index (χ4n) is 1.23. The predicted molar refractivity (Wildman–Crippen MR) is 61.9 cm³/mol. The predicted octanol–water partition coefficient (Wildman–Crippen LogP) is 2.82. The van der Waals surface area contributed by atoms with Gasteiger partial charge >= 0.3 is 21.3 Å². The van der Waals surface area contributed by atoms with Gasteiger partial charge in [0.25, 0.3) is 0 Å². The van der Waals surface area contributed by atoms with Gasteiger partial charge in [0.1, 0.15) is 11.3 Å². The van der Waals surface area contributed by atoms with Crippen molar-refractivity contribution in [2.45, 2.75) is 5.25 Å². The Bertz CT molecular complexity index is 823. The summed E-state index contributed by atoms with van der Waals surface area (Å²) < 4.78 is 112. The van der Waals surface area contributed by atoms with E-state index >= 15 is 0 Å². The molecule has 0 saturated heterocycles. The number of rotatable bonds is 5. The van der Waals surface area contributed by atoms with Gasteiger partial charge in [-0.1, -0.05) is 5.11 Å². The number of hydrogen-bond acceptors (Lipinski definition) is 5. The number of carbonyl (C=O) groups is 1. The van der Waals surface area contributed by atoms with Crippen LogP contribution in [0.3, 0.4) is 0 Å². The van der Waals surface area contributed by atoms with E-state index in [1.165, 1.54) is 0 Å². The Kier molecular flexibility index (Phi) is 5.33. The molecule has 0 aromatic heterocycles. The van der Waals surface area contributed by atoms with Crippen molar-refractivity contribution in [3.63, 3.8) is 0 Å². The lowest BCUT2D eigenvalue weighted by Crippen LogP contribution is -2.34. The summed E-state index contributed by atoms with van der Waals surface area (Å²) in [6, 6.07) is 0.